The number of hydrogen-bond donors (Lipinski definition) is 12. The summed E-state index contributed by atoms with van der Waals surface area (Å²) in [5.74, 6) is -0.810. The van der Waals surface area contributed by atoms with Crippen LogP contribution in [0.4, 0.5) is 5.69 Å². The number of ether oxygens (including phenoxy) is 4. The van der Waals surface area contributed by atoms with E-state index in [2.05, 4.69) is 6.92 Å². The third-order valence-corrected chi connectivity index (χ3v) is 16.0. The maximum absolute atomic E-state index is 10.1. The maximum Gasteiger partial charge on any atom is 0.161 e. The summed E-state index contributed by atoms with van der Waals surface area (Å²) in [6.07, 6.45) is 3.86. The molecule has 4 heterocycles. The predicted molar refractivity (Wildman–Crippen MR) is 323 cm³/mol. The third kappa shape index (κ3) is 13.6. The van der Waals surface area contributed by atoms with Crippen molar-refractivity contribution in [2.45, 2.75) is 135 Å². The van der Waals surface area contributed by atoms with Gasteiger partial charge in [-0.2, -0.15) is 0 Å². The first-order valence-electron chi connectivity index (χ1n) is 28.4. The van der Waals surface area contributed by atoms with Gasteiger partial charge in [-0.3, -0.25) is 0 Å². The fourth-order valence-electron chi connectivity index (χ4n) is 11.6. The molecule has 4 aliphatic heterocycles. The van der Waals surface area contributed by atoms with E-state index in [9.17, 15) is 56.2 Å². The molecule has 4 aliphatic rings. The number of benzene rings is 8. The van der Waals surface area contributed by atoms with Crippen LogP contribution in [0.2, 0.25) is 0 Å². The molecule has 8 atom stereocenters. The Hall–Kier alpha value is -8.80. The molecule has 0 bridgehead atoms. The number of phenolic OH excluding ortho intramolecular Hbond substituents is 11. The molecule has 0 saturated heterocycles. The summed E-state index contributed by atoms with van der Waals surface area (Å²) in [5, 5.41) is 108. The molecule has 13 N–H and O–H groups in total. The van der Waals surface area contributed by atoms with Gasteiger partial charge in [0.2, 0.25) is 0 Å². The van der Waals surface area contributed by atoms with Crippen molar-refractivity contribution in [1.29, 1.82) is 0 Å². The van der Waals surface area contributed by atoms with Gasteiger partial charge in [0.1, 0.15) is 5.75 Å². The van der Waals surface area contributed by atoms with Crippen LogP contribution in [-0.4, -0.2) is 56.2 Å². The van der Waals surface area contributed by atoms with E-state index in [0.717, 1.165) is 81.3 Å². The first-order valence-corrected chi connectivity index (χ1v) is 28.4. The van der Waals surface area contributed by atoms with Crippen molar-refractivity contribution in [2.75, 3.05) is 5.73 Å². The van der Waals surface area contributed by atoms with Crippen LogP contribution in [0.25, 0.3) is 0 Å². The molecular weight excluding hydrogens is 1080 g/mol. The van der Waals surface area contributed by atoms with Crippen LogP contribution in [0.3, 0.4) is 0 Å². The van der Waals surface area contributed by atoms with E-state index in [-0.39, 0.29) is 120 Å². The van der Waals surface area contributed by atoms with E-state index < -0.39 is 0 Å². The van der Waals surface area contributed by atoms with E-state index in [1.165, 1.54) is 36.4 Å². The number of nitrogen functional groups attached to an aromatic ring is 1. The SMILES string of the molecule is C.CCC1OC(c2ccc(O)c(O)c2)Cc2c1ccc(O)c2O.CCC1OC(c2ccc(O)cc2)Cc2c1ccc(O)c2O.CCC1OC(c2cccc(N)c2)Cc2c1ccc(O)c2O.CCC1OC(c2ccccc2)Cc2c1ccc(O)c2O. The fourth-order valence-corrected chi connectivity index (χ4v) is 11.6. The van der Waals surface area contributed by atoms with Gasteiger partial charge in [0.05, 0.1) is 48.8 Å². The highest BCUT2D eigenvalue weighted by atomic mass is 16.5. The smallest absolute Gasteiger partial charge is 0.161 e. The van der Waals surface area contributed by atoms with Crippen molar-refractivity contribution in [3.8, 4) is 63.2 Å². The molecule has 12 rings (SSSR count). The number of phenols is 11. The molecule has 0 amide bonds. The van der Waals surface area contributed by atoms with Crippen molar-refractivity contribution >= 4 is 5.69 Å². The zero-order valence-electron chi connectivity index (χ0n) is 47.3. The summed E-state index contributed by atoms with van der Waals surface area (Å²) in [6, 6.07) is 42.3. The number of anilines is 1. The Bertz CT molecular complexity index is 3570. The first kappa shape index (κ1) is 62.3. The lowest BCUT2D eigenvalue weighted by atomic mass is 9.89. The monoisotopic (exact) mass is 1160 g/mol. The summed E-state index contributed by atoms with van der Waals surface area (Å²) >= 11 is 0. The van der Waals surface area contributed by atoms with Crippen LogP contribution in [0.1, 0.15) is 176 Å². The number of rotatable bonds is 8. The van der Waals surface area contributed by atoms with Gasteiger partial charge < -0.3 is 80.9 Å². The first-order chi connectivity index (χ1) is 40.4. The van der Waals surface area contributed by atoms with Gasteiger partial charge in [0.25, 0.3) is 0 Å². The van der Waals surface area contributed by atoms with Gasteiger partial charge in [0.15, 0.2) is 57.5 Å². The molecule has 85 heavy (non-hydrogen) atoms. The highest BCUT2D eigenvalue weighted by Gasteiger charge is 2.35. The Kier molecular flexibility index (Phi) is 20.0. The van der Waals surface area contributed by atoms with E-state index in [1.54, 1.807) is 24.3 Å². The summed E-state index contributed by atoms with van der Waals surface area (Å²) in [7, 11) is 0. The highest BCUT2D eigenvalue weighted by molar-refractivity contribution is 5.55. The van der Waals surface area contributed by atoms with Crippen molar-refractivity contribution < 1.29 is 75.1 Å². The normalized spacial score (nSPS) is 20.8. The van der Waals surface area contributed by atoms with Crippen LogP contribution in [0, 0.1) is 0 Å². The van der Waals surface area contributed by atoms with Gasteiger partial charge in [-0.15, -0.1) is 0 Å². The molecule has 448 valence electrons. The largest absolute Gasteiger partial charge is 0.508 e. The molecule has 8 unspecified atom stereocenters. The Morgan fingerprint density at radius 1 is 0.329 bits per heavy atom. The minimum Gasteiger partial charge on any atom is -0.508 e. The molecule has 16 heteroatoms. The Morgan fingerprint density at radius 2 is 0.635 bits per heavy atom. The summed E-state index contributed by atoms with van der Waals surface area (Å²) in [5.41, 5.74) is 17.0. The summed E-state index contributed by atoms with van der Waals surface area (Å²) < 4.78 is 24.5. The van der Waals surface area contributed by atoms with Crippen LogP contribution in [-0.2, 0) is 44.6 Å². The standard InChI is InChI=1S/C17H19NO3.C17H18O5.C17H18O4.C17H18O3.CH4/c1-2-15-12-6-7-14(19)17(20)13(12)9-16(21-15)10-4-3-5-11(18)8-10;1-2-15-10-4-6-13(19)17(21)11(10)8-16(22-15)9-3-5-12(18)14(20)7-9;1-2-15-12-7-8-14(19)17(20)13(12)9-16(21-15)10-3-5-11(18)6-4-10;1-2-15-12-8-9-14(18)17(19)13(12)10-16(20-15)11-6-4-3-5-7-11;/h3-8,15-16,19-20H,2,9,18H2,1H3;3-7,15-16,18-21H,2,8H2,1H3;3-8,15-16,18-20H,2,9H2,1H3;3-9,15-16,18-19H,2,10H2,1H3;1H4. The van der Waals surface area contributed by atoms with Gasteiger partial charge >= 0.3 is 0 Å². The molecule has 0 fully saturated rings. The van der Waals surface area contributed by atoms with Crippen LogP contribution >= 0.6 is 0 Å². The number of nitrogens with two attached hydrogens (primary N) is 1. The lowest BCUT2D eigenvalue weighted by Gasteiger charge is -2.32. The third-order valence-electron chi connectivity index (χ3n) is 16.0. The second-order valence-electron chi connectivity index (χ2n) is 21.3. The van der Waals surface area contributed by atoms with E-state index in [1.807, 2.05) is 106 Å². The lowest BCUT2D eigenvalue weighted by Crippen LogP contribution is -2.20. The van der Waals surface area contributed by atoms with Crippen molar-refractivity contribution in [2.24, 2.45) is 0 Å². The number of aromatic hydroxyl groups is 11. The van der Waals surface area contributed by atoms with Crippen LogP contribution < -0.4 is 5.73 Å². The van der Waals surface area contributed by atoms with Gasteiger partial charge in [0, 0.05) is 53.6 Å². The average molecular weight is 1160 g/mol. The zero-order valence-corrected chi connectivity index (χ0v) is 47.3. The van der Waals surface area contributed by atoms with Crippen molar-refractivity contribution in [3.05, 3.63) is 212 Å². The van der Waals surface area contributed by atoms with E-state index >= 15 is 0 Å². The lowest BCUT2D eigenvalue weighted by molar-refractivity contribution is -0.0301. The molecule has 0 saturated carbocycles. The summed E-state index contributed by atoms with van der Waals surface area (Å²) in [6.45, 7) is 8.11. The summed E-state index contributed by atoms with van der Waals surface area (Å²) in [4.78, 5) is 0. The molecule has 0 spiro atoms. The molecule has 0 aromatic heterocycles. The van der Waals surface area contributed by atoms with E-state index in [4.69, 9.17) is 24.7 Å². The molecule has 0 aliphatic carbocycles. The van der Waals surface area contributed by atoms with Crippen LogP contribution in [0.5, 0.6) is 63.2 Å². The van der Waals surface area contributed by atoms with E-state index in [0.29, 0.717) is 42.5 Å². The van der Waals surface area contributed by atoms with Gasteiger partial charge in [-0.25, -0.2) is 0 Å². The number of hydrogen-bond acceptors (Lipinski definition) is 16. The zero-order chi connectivity index (χ0) is 59.9. The van der Waals surface area contributed by atoms with Crippen LogP contribution in [0.15, 0.2) is 146 Å². The molecule has 8 aromatic rings. The van der Waals surface area contributed by atoms with Gasteiger partial charge in [-0.05, 0) is 131 Å². The van der Waals surface area contributed by atoms with Crippen molar-refractivity contribution in [3.63, 3.8) is 0 Å². The topological polar surface area (TPSA) is 285 Å². The average Bonchev–Trinajstić information content (AvgIpc) is 1.46. The highest BCUT2D eigenvalue weighted by Crippen LogP contribution is 2.50. The minimum atomic E-state index is -0.364. The molecule has 0 radical (unpaired) electrons. The second kappa shape index (κ2) is 27.3. The molecular formula is C69H77NO15. The fraction of sp³-hybridized carbons (Fsp3) is 0.304. The van der Waals surface area contributed by atoms with Gasteiger partial charge in [-0.1, -0.05) is 120 Å². The quantitative estimate of drug-likeness (QED) is 0.0497. The number of fused-ring (bicyclic) bond motifs is 4. The van der Waals surface area contributed by atoms with Crippen molar-refractivity contribution in [1.82, 2.24) is 0 Å². The second-order valence-corrected chi connectivity index (χ2v) is 21.3. The Labute approximate surface area is 495 Å². The minimum absolute atomic E-state index is 0. The predicted octanol–water partition coefficient (Wildman–Crippen LogP) is 14.8. The molecule has 8 aromatic carbocycles. The Morgan fingerprint density at radius 3 is 0.976 bits per heavy atom. The Balaban J connectivity index is 0.000000147. The molecule has 16 nitrogen and oxygen atoms in total. The maximum atomic E-state index is 10.1.